The molecule has 0 fully saturated rings. The van der Waals surface area contributed by atoms with Crippen molar-refractivity contribution in [1.29, 1.82) is 0 Å². The number of halogens is 2. The van der Waals surface area contributed by atoms with Crippen molar-refractivity contribution in [1.82, 2.24) is 0 Å². The lowest BCUT2D eigenvalue weighted by molar-refractivity contribution is -0.384. The lowest BCUT2D eigenvalue weighted by Crippen LogP contribution is -2.28. The highest BCUT2D eigenvalue weighted by Crippen LogP contribution is 2.30. The van der Waals surface area contributed by atoms with Crippen molar-refractivity contribution in [3.63, 3.8) is 0 Å². The Balaban J connectivity index is 1.74. The summed E-state index contributed by atoms with van der Waals surface area (Å²) in [7, 11) is 0. The highest BCUT2D eigenvalue weighted by molar-refractivity contribution is 6.34. The maximum Gasteiger partial charge on any atom is 0.296 e. The fourth-order valence-corrected chi connectivity index (χ4v) is 2.95. The monoisotopic (exact) mass is 407 g/mol. The molecule has 28 heavy (non-hydrogen) atoms. The standard InChI is InChI=1S/C18H15ClFN3O5/c1-2-27-10-6-7-13(15(8-10)23(25)26)21-18(24)16-9-14(22-28-16)17-11(19)4-3-5-12(17)20/h3-8,16H,2,9H2,1H3,(H,21,24). The van der Waals surface area contributed by atoms with Crippen molar-refractivity contribution in [2.45, 2.75) is 19.4 Å². The molecule has 1 heterocycles. The molecule has 0 radical (unpaired) electrons. The van der Waals surface area contributed by atoms with Gasteiger partial charge in [-0.1, -0.05) is 22.8 Å². The molecule has 0 spiro atoms. The van der Waals surface area contributed by atoms with Gasteiger partial charge in [0.2, 0.25) is 6.10 Å². The van der Waals surface area contributed by atoms with Gasteiger partial charge in [0.05, 0.1) is 33.9 Å². The summed E-state index contributed by atoms with van der Waals surface area (Å²) in [6.45, 7) is 2.09. The van der Waals surface area contributed by atoms with Crippen molar-refractivity contribution in [3.05, 3.63) is 62.9 Å². The second-order valence-electron chi connectivity index (χ2n) is 5.79. The Labute approximate surface area is 164 Å². The van der Waals surface area contributed by atoms with E-state index in [1.54, 1.807) is 6.92 Å². The largest absolute Gasteiger partial charge is 0.494 e. The van der Waals surface area contributed by atoms with E-state index >= 15 is 0 Å². The summed E-state index contributed by atoms with van der Waals surface area (Å²) in [6, 6.07) is 8.26. The van der Waals surface area contributed by atoms with E-state index in [1.165, 1.54) is 36.4 Å². The molecule has 1 amide bonds. The third kappa shape index (κ3) is 4.04. The first-order valence-corrected chi connectivity index (χ1v) is 8.67. The molecular weight excluding hydrogens is 393 g/mol. The Morgan fingerprint density at radius 1 is 1.46 bits per heavy atom. The zero-order chi connectivity index (χ0) is 20.3. The quantitative estimate of drug-likeness (QED) is 0.577. The van der Waals surface area contributed by atoms with Gasteiger partial charge in [-0.2, -0.15) is 0 Å². The van der Waals surface area contributed by atoms with Gasteiger partial charge in [-0.15, -0.1) is 0 Å². The van der Waals surface area contributed by atoms with E-state index in [1.807, 2.05) is 0 Å². The topological polar surface area (TPSA) is 103 Å². The van der Waals surface area contributed by atoms with Crippen LogP contribution in [0.4, 0.5) is 15.8 Å². The fraction of sp³-hybridized carbons (Fsp3) is 0.222. The Morgan fingerprint density at radius 3 is 2.93 bits per heavy atom. The molecule has 8 nitrogen and oxygen atoms in total. The Kier molecular flexibility index (Phi) is 5.74. The molecule has 1 atom stereocenters. The number of ether oxygens (including phenoxy) is 1. The highest BCUT2D eigenvalue weighted by Gasteiger charge is 2.32. The number of anilines is 1. The number of amides is 1. The van der Waals surface area contributed by atoms with E-state index in [0.717, 1.165) is 0 Å². The molecule has 0 saturated heterocycles. The van der Waals surface area contributed by atoms with Gasteiger partial charge in [0.25, 0.3) is 11.6 Å². The second kappa shape index (κ2) is 8.22. The van der Waals surface area contributed by atoms with Crippen LogP contribution >= 0.6 is 11.6 Å². The molecule has 0 bridgehead atoms. The molecule has 10 heteroatoms. The molecule has 0 aromatic heterocycles. The Hall–Kier alpha value is -3.20. The Morgan fingerprint density at radius 2 is 2.25 bits per heavy atom. The van der Waals surface area contributed by atoms with E-state index < -0.39 is 22.8 Å². The molecule has 146 valence electrons. The number of oxime groups is 1. The average Bonchev–Trinajstić information content (AvgIpc) is 3.12. The maximum absolute atomic E-state index is 14.0. The molecule has 0 aliphatic carbocycles. The number of benzene rings is 2. The van der Waals surface area contributed by atoms with Crippen molar-refractivity contribution in [3.8, 4) is 5.75 Å². The van der Waals surface area contributed by atoms with Crippen LogP contribution in [0.3, 0.4) is 0 Å². The van der Waals surface area contributed by atoms with Crippen LogP contribution in [0, 0.1) is 15.9 Å². The first kappa shape index (κ1) is 19.6. The summed E-state index contributed by atoms with van der Waals surface area (Å²) in [5.74, 6) is -0.930. The van der Waals surface area contributed by atoms with Crippen molar-refractivity contribution < 1.29 is 23.7 Å². The molecule has 1 aliphatic heterocycles. The van der Waals surface area contributed by atoms with Crippen LogP contribution in [0.25, 0.3) is 0 Å². The van der Waals surface area contributed by atoms with Crippen LogP contribution < -0.4 is 10.1 Å². The SMILES string of the molecule is CCOc1ccc(NC(=O)C2CC(c3c(F)cccc3Cl)=NO2)c([N+](=O)[O-])c1. The van der Waals surface area contributed by atoms with Crippen LogP contribution in [-0.2, 0) is 9.63 Å². The number of nitrogens with one attached hydrogen (secondary N) is 1. The van der Waals surface area contributed by atoms with Gasteiger partial charge in [0.15, 0.2) is 0 Å². The number of carbonyl (C=O) groups excluding carboxylic acids is 1. The third-order valence-corrected chi connectivity index (χ3v) is 4.26. The van der Waals surface area contributed by atoms with E-state index in [4.69, 9.17) is 21.2 Å². The Bertz CT molecular complexity index is 946. The van der Waals surface area contributed by atoms with Crippen molar-refractivity contribution in [2.75, 3.05) is 11.9 Å². The summed E-state index contributed by atoms with van der Waals surface area (Å²) < 4.78 is 19.2. The zero-order valence-corrected chi connectivity index (χ0v) is 15.4. The first-order valence-electron chi connectivity index (χ1n) is 8.30. The number of hydrogen-bond donors (Lipinski definition) is 1. The van der Waals surface area contributed by atoms with Gasteiger partial charge in [-0.05, 0) is 31.2 Å². The van der Waals surface area contributed by atoms with Gasteiger partial charge >= 0.3 is 0 Å². The minimum atomic E-state index is -1.07. The minimum absolute atomic E-state index is 0.0144. The molecule has 1 unspecified atom stereocenters. The van der Waals surface area contributed by atoms with Crippen molar-refractivity contribution in [2.24, 2.45) is 5.16 Å². The van der Waals surface area contributed by atoms with E-state index in [0.29, 0.717) is 12.4 Å². The molecular formula is C18H15ClFN3O5. The molecule has 0 saturated carbocycles. The van der Waals surface area contributed by atoms with Crippen molar-refractivity contribution >= 4 is 34.6 Å². The van der Waals surface area contributed by atoms with Crippen LogP contribution in [0.2, 0.25) is 5.02 Å². The molecule has 1 N–H and O–H groups in total. The summed E-state index contributed by atoms with van der Waals surface area (Å²) in [4.78, 5) is 28.2. The van der Waals surface area contributed by atoms with Crippen LogP contribution in [0.1, 0.15) is 18.9 Å². The van der Waals surface area contributed by atoms with Gasteiger partial charge < -0.3 is 14.9 Å². The smallest absolute Gasteiger partial charge is 0.296 e. The predicted molar refractivity (Wildman–Crippen MR) is 100 cm³/mol. The zero-order valence-electron chi connectivity index (χ0n) is 14.6. The average molecular weight is 408 g/mol. The number of hydrogen-bond acceptors (Lipinski definition) is 6. The molecule has 1 aliphatic rings. The highest BCUT2D eigenvalue weighted by atomic mass is 35.5. The fourth-order valence-electron chi connectivity index (χ4n) is 2.68. The summed E-state index contributed by atoms with van der Waals surface area (Å²) in [6.07, 6.45) is -1.10. The van der Waals surface area contributed by atoms with E-state index in [9.17, 15) is 19.3 Å². The molecule has 2 aromatic carbocycles. The second-order valence-corrected chi connectivity index (χ2v) is 6.20. The maximum atomic E-state index is 14.0. The molecule has 2 aromatic rings. The van der Waals surface area contributed by atoms with E-state index in [2.05, 4.69) is 10.5 Å². The predicted octanol–water partition coefficient (Wildman–Crippen LogP) is 3.92. The number of rotatable bonds is 6. The van der Waals surface area contributed by atoms with Gasteiger partial charge in [0, 0.05) is 6.42 Å². The number of nitro groups is 1. The van der Waals surface area contributed by atoms with E-state index in [-0.39, 0.29) is 34.1 Å². The molecule has 3 rings (SSSR count). The van der Waals surface area contributed by atoms with Crippen LogP contribution in [-0.4, -0.2) is 29.3 Å². The lowest BCUT2D eigenvalue weighted by Gasteiger charge is -2.11. The van der Waals surface area contributed by atoms with Gasteiger partial charge in [0.1, 0.15) is 17.3 Å². The van der Waals surface area contributed by atoms with Crippen LogP contribution in [0.5, 0.6) is 5.75 Å². The van der Waals surface area contributed by atoms with Gasteiger partial charge in [-0.3, -0.25) is 14.9 Å². The normalized spacial score (nSPS) is 15.5. The third-order valence-electron chi connectivity index (χ3n) is 3.95. The summed E-state index contributed by atoms with van der Waals surface area (Å²) in [5, 5.41) is 17.6. The van der Waals surface area contributed by atoms with Gasteiger partial charge in [-0.25, -0.2) is 4.39 Å². The van der Waals surface area contributed by atoms with Crippen LogP contribution in [0.15, 0.2) is 41.6 Å². The first-order chi connectivity index (χ1) is 13.4. The lowest BCUT2D eigenvalue weighted by atomic mass is 10.0. The number of nitro benzene ring substituents is 1. The number of nitrogens with zero attached hydrogens (tertiary/aromatic N) is 2. The summed E-state index contributed by atoms with van der Waals surface area (Å²) in [5.41, 5.74) is -0.0917. The summed E-state index contributed by atoms with van der Waals surface area (Å²) >= 11 is 6.00. The minimum Gasteiger partial charge on any atom is -0.494 e. The number of carbonyl (C=O) groups is 1.